The topological polar surface area (TPSA) is 137 Å². The van der Waals surface area contributed by atoms with E-state index >= 15 is 0 Å². The summed E-state index contributed by atoms with van der Waals surface area (Å²) in [5, 5.41) is 11.0. The highest BCUT2D eigenvalue weighted by Gasteiger charge is 2.54. The number of carbonyl (C=O) groups is 4. The quantitative estimate of drug-likeness (QED) is 0.114. The monoisotopic (exact) mass is 982 g/mol. The van der Waals surface area contributed by atoms with Crippen LogP contribution in [0.3, 0.4) is 0 Å². The lowest BCUT2D eigenvalue weighted by atomic mass is 9.64. The maximum atomic E-state index is 12.1. The van der Waals surface area contributed by atoms with Crippen LogP contribution in [0.4, 0.5) is 11.4 Å². The van der Waals surface area contributed by atoms with Crippen LogP contribution in [0.1, 0.15) is 122 Å². The molecule has 59 heavy (non-hydrogen) atoms. The molecule has 0 atom stereocenters. The van der Waals surface area contributed by atoms with E-state index in [1.807, 2.05) is 24.3 Å². The van der Waals surface area contributed by atoms with Gasteiger partial charge >= 0.3 is 0 Å². The number of Topliss-reactive ketones (excluding diaryl/α,β-unsaturated/α-hetero) is 4. The van der Waals surface area contributed by atoms with Crippen molar-refractivity contribution in [3.05, 3.63) is 135 Å². The maximum absolute atomic E-state index is 12.1. The van der Waals surface area contributed by atoms with Gasteiger partial charge in [-0.05, 0) is 121 Å². The SMILES string of the molecule is Nc1cc(Br)cc2c1CC(=O)C21CCC1.O=C1Cc2c([N+](=O)[O-])cc(Br)cc2C12CCC2.O=C1Cc2ccc(Br)cc2C12CCC2.O=C1Cc2ccccc2C12CCC2. The molecule has 304 valence electrons. The molecular weight excluding hydrogens is 940 g/mol. The van der Waals surface area contributed by atoms with Gasteiger partial charge in [0, 0.05) is 56.4 Å². The zero-order valence-electron chi connectivity index (χ0n) is 32.8. The van der Waals surface area contributed by atoms with Crippen molar-refractivity contribution >= 4 is 82.3 Å². The van der Waals surface area contributed by atoms with E-state index in [1.165, 1.54) is 46.7 Å². The summed E-state index contributed by atoms with van der Waals surface area (Å²) in [5.74, 6) is 1.42. The Morgan fingerprint density at radius 2 is 0.915 bits per heavy atom. The van der Waals surface area contributed by atoms with Crippen LogP contribution in [0.15, 0.2) is 80.1 Å². The Bertz CT molecular complexity index is 2490. The number of benzene rings is 4. The van der Waals surface area contributed by atoms with Crippen molar-refractivity contribution in [3.63, 3.8) is 0 Å². The molecular formula is C48H45Br3N2O6. The molecule has 0 heterocycles. The van der Waals surface area contributed by atoms with Crippen LogP contribution in [0, 0.1) is 10.1 Å². The third-order valence-electron chi connectivity index (χ3n) is 15.1. The molecule has 4 saturated carbocycles. The molecule has 0 radical (unpaired) electrons. The Morgan fingerprint density at radius 1 is 0.492 bits per heavy atom. The van der Waals surface area contributed by atoms with Gasteiger partial charge in [-0.3, -0.25) is 29.3 Å². The number of carbonyl (C=O) groups excluding carboxylic acids is 4. The second-order valence-electron chi connectivity index (χ2n) is 17.8. The second kappa shape index (κ2) is 15.0. The summed E-state index contributed by atoms with van der Waals surface area (Å²) in [4.78, 5) is 58.5. The van der Waals surface area contributed by atoms with Gasteiger partial charge in [-0.2, -0.15) is 0 Å². The molecule has 0 unspecified atom stereocenters. The standard InChI is InChI=1S/C12H10BrNO3.C12H12BrNO.C12H11BrO.C12H12O/c13-7-4-9-8(10(5-7)14(16)17)6-11(15)12(9)2-1-3-12;13-7-4-9-8(10(14)5-7)6-11(15)12(9)2-1-3-12;13-9-3-2-8-6-11(14)12(4-1-5-12)10(8)7-9;13-11-8-9-4-1-2-5-10(9)12(11)6-3-7-12/h4-5H,1-3,6H2;4-5H,1-3,6,14H2;2-3,7H,1,4-6H2;1-2,4-5H,3,6-8H2. The van der Waals surface area contributed by atoms with Gasteiger partial charge in [-0.15, -0.1) is 0 Å². The van der Waals surface area contributed by atoms with Gasteiger partial charge in [0.1, 0.15) is 23.1 Å². The number of nitrogen functional groups attached to an aromatic ring is 1. The summed E-state index contributed by atoms with van der Waals surface area (Å²) in [6.07, 6.45) is 14.7. The minimum atomic E-state index is -0.399. The molecule has 4 spiro atoms. The van der Waals surface area contributed by atoms with Crippen LogP contribution in [0.25, 0.3) is 0 Å². The molecule has 8 aliphatic rings. The van der Waals surface area contributed by atoms with Gasteiger partial charge in [0.05, 0.1) is 26.6 Å². The summed E-state index contributed by atoms with van der Waals surface area (Å²) in [6, 6.07) is 21.9. The average molecular weight is 986 g/mol. The van der Waals surface area contributed by atoms with E-state index in [0.29, 0.717) is 46.6 Å². The first-order valence-corrected chi connectivity index (χ1v) is 23.2. The predicted molar refractivity (Wildman–Crippen MR) is 237 cm³/mol. The number of ketones is 4. The first-order valence-electron chi connectivity index (χ1n) is 20.8. The van der Waals surface area contributed by atoms with E-state index < -0.39 is 10.3 Å². The lowest BCUT2D eigenvalue weighted by Crippen LogP contribution is -2.39. The molecule has 2 N–H and O–H groups in total. The molecule has 11 heteroatoms. The summed E-state index contributed by atoms with van der Waals surface area (Å²) >= 11 is 10.2. The van der Waals surface area contributed by atoms with Crippen LogP contribution in [0.2, 0.25) is 0 Å². The number of nitro benzene ring substituents is 1. The van der Waals surface area contributed by atoms with Crippen molar-refractivity contribution in [2.75, 3.05) is 5.73 Å². The Kier molecular flexibility index (Phi) is 10.3. The van der Waals surface area contributed by atoms with E-state index in [2.05, 4.69) is 84.2 Å². The lowest BCUT2D eigenvalue weighted by molar-refractivity contribution is -0.385. The Labute approximate surface area is 369 Å². The average Bonchev–Trinajstić information content (AvgIpc) is 3.80. The fraction of sp³-hybridized carbons (Fsp3) is 0.417. The summed E-state index contributed by atoms with van der Waals surface area (Å²) < 4.78 is 2.76. The number of nitro groups is 1. The number of nitrogens with two attached hydrogens (primary N) is 1. The number of rotatable bonds is 1. The highest BCUT2D eigenvalue weighted by atomic mass is 79.9. The zero-order chi connectivity index (χ0) is 41.5. The molecule has 4 aromatic rings. The molecule has 4 fully saturated rings. The molecule has 0 amide bonds. The number of hydrogen-bond acceptors (Lipinski definition) is 7. The van der Waals surface area contributed by atoms with E-state index in [4.69, 9.17) is 5.73 Å². The smallest absolute Gasteiger partial charge is 0.274 e. The number of halogens is 3. The zero-order valence-corrected chi connectivity index (χ0v) is 37.5. The summed E-state index contributed by atoms with van der Waals surface area (Å²) in [5.41, 5.74) is 15.0. The third kappa shape index (κ3) is 6.38. The van der Waals surface area contributed by atoms with Gasteiger partial charge < -0.3 is 5.73 Å². The van der Waals surface area contributed by atoms with Crippen molar-refractivity contribution in [1.29, 1.82) is 0 Å². The van der Waals surface area contributed by atoms with Crippen molar-refractivity contribution in [2.24, 2.45) is 0 Å². The van der Waals surface area contributed by atoms with Crippen molar-refractivity contribution < 1.29 is 24.1 Å². The first-order chi connectivity index (χ1) is 28.2. The van der Waals surface area contributed by atoms with Gasteiger partial charge in [-0.25, -0.2) is 0 Å². The van der Waals surface area contributed by atoms with Crippen molar-refractivity contribution in [3.8, 4) is 0 Å². The number of nitrogens with zero attached hydrogens (tertiary/aromatic N) is 1. The second-order valence-corrected chi connectivity index (χ2v) is 20.6. The molecule has 12 rings (SSSR count). The largest absolute Gasteiger partial charge is 0.398 e. The fourth-order valence-corrected chi connectivity index (χ4v) is 12.5. The number of fused-ring (bicyclic) bond motifs is 8. The minimum absolute atomic E-state index is 0.0312. The van der Waals surface area contributed by atoms with Gasteiger partial charge in [0.15, 0.2) is 0 Å². The van der Waals surface area contributed by atoms with Crippen LogP contribution >= 0.6 is 47.8 Å². The van der Waals surface area contributed by atoms with Gasteiger partial charge in [0.25, 0.3) is 5.69 Å². The summed E-state index contributed by atoms with van der Waals surface area (Å²) in [6.45, 7) is 0. The molecule has 0 aliphatic heterocycles. The molecule has 8 nitrogen and oxygen atoms in total. The van der Waals surface area contributed by atoms with Crippen molar-refractivity contribution in [1.82, 2.24) is 0 Å². The van der Waals surface area contributed by atoms with Crippen LogP contribution < -0.4 is 5.73 Å². The van der Waals surface area contributed by atoms with Gasteiger partial charge in [0.2, 0.25) is 0 Å². The van der Waals surface area contributed by atoms with E-state index in [9.17, 15) is 29.3 Å². The molecule has 8 aliphatic carbocycles. The van der Waals surface area contributed by atoms with Crippen LogP contribution in [-0.2, 0) is 66.5 Å². The number of anilines is 1. The Balaban J connectivity index is 0.000000102. The Morgan fingerprint density at radius 3 is 1.44 bits per heavy atom. The lowest BCUT2D eigenvalue weighted by Gasteiger charge is -2.37. The normalized spacial score (nSPS) is 21.6. The third-order valence-corrected chi connectivity index (χ3v) is 16.5. The van der Waals surface area contributed by atoms with E-state index in [1.54, 1.807) is 0 Å². The first kappa shape index (κ1) is 40.6. The predicted octanol–water partition coefficient (Wildman–Crippen LogP) is 10.7. The fourth-order valence-electron chi connectivity index (χ4n) is 11.2. The summed E-state index contributed by atoms with van der Waals surface area (Å²) in [7, 11) is 0. The Hall–Kier alpha value is -3.80. The van der Waals surface area contributed by atoms with E-state index in [-0.39, 0.29) is 34.1 Å². The van der Waals surface area contributed by atoms with Crippen LogP contribution in [0.5, 0.6) is 0 Å². The highest BCUT2D eigenvalue weighted by Crippen LogP contribution is 2.55. The molecule has 4 aromatic carbocycles. The van der Waals surface area contributed by atoms with Gasteiger partial charge in [-0.1, -0.05) is 104 Å². The molecule has 0 aromatic heterocycles. The van der Waals surface area contributed by atoms with Crippen LogP contribution in [-0.4, -0.2) is 28.1 Å². The van der Waals surface area contributed by atoms with E-state index in [0.717, 1.165) is 90.0 Å². The maximum Gasteiger partial charge on any atom is 0.274 e. The van der Waals surface area contributed by atoms with Crippen molar-refractivity contribution in [2.45, 2.75) is 124 Å². The molecule has 0 saturated heterocycles. The minimum Gasteiger partial charge on any atom is -0.398 e. The highest BCUT2D eigenvalue weighted by molar-refractivity contribution is 9.11. The molecule has 0 bridgehead atoms. The number of hydrogen-bond donors (Lipinski definition) is 1.